The molecule has 2 amide bonds. The maximum atomic E-state index is 13.2. The summed E-state index contributed by atoms with van der Waals surface area (Å²) in [4.78, 5) is 27.1. The van der Waals surface area contributed by atoms with E-state index in [0.29, 0.717) is 17.7 Å². The number of nitrogens with one attached hydrogen (secondary N) is 1. The number of hydrogen-bond donors (Lipinski definition) is 1. The first-order chi connectivity index (χ1) is 18.8. The lowest BCUT2D eigenvalue weighted by Gasteiger charge is -2.25. The Kier molecular flexibility index (Phi) is 9.20. The number of likely N-dealkylation sites (tertiary alicyclic amines) is 1. The lowest BCUT2D eigenvalue weighted by molar-refractivity contribution is -0.197. The number of rotatable bonds is 6. The molecule has 218 valence electrons. The Morgan fingerprint density at radius 3 is 2.33 bits per heavy atom. The van der Waals surface area contributed by atoms with Crippen LogP contribution in [0.4, 0.5) is 13.2 Å². The van der Waals surface area contributed by atoms with Crippen molar-refractivity contribution in [2.45, 2.75) is 74.7 Å². The Morgan fingerprint density at radius 1 is 1.25 bits per heavy atom. The fraction of sp³-hybridized carbons (Fsp3) is 0.560. The van der Waals surface area contributed by atoms with Crippen molar-refractivity contribution in [1.82, 2.24) is 25.0 Å². The van der Waals surface area contributed by atoms with Gasteiger partial charge < -0.3 is 10.2 Å². The number of nitriles is 1. The van der Waals surface area contributed by atoms with E-state index >= 15 is 0 Å². The molecular formula is C25H30ClF3N6O4S. The van der Waals surface area contributed by atoms with Gasteiger partial charge in [0.15, 0.2) is 9.84 Å². The summed E-state index contributed by atoms with van der Waals surface area (Å²) in [5, 5.41) is 13.8. The van der Waals surface area contributed by atoms with Crippen molar-refractivity contribution in [3.8, 4) is 11.8 Å². The number of sulfone groups is 1. The molecule has 1 N–H and O–H groups in total. The van der Waals surface area contributed by atoms with Gasteiger partial charge in [0.05, 0.1) is 21.9 Å². The number of carbonyl (C=O) groups is 2. The summed E-state index contributed by atoms with van der Waals surface area (Å²) >= 11 is 5.70. The zero-order chi connectivity index (χ0) is 29.9. The zero-order valence-electron chi connectivity index (χ0n) is 22.2. The van der Waals surface area contributed by atoms with Crippen LogP contribution in [0.5, 0.6) is 0 Å². The molecule has 40 heavy (non-hydrogen) atoms. The van der Waals surface area contributed by atoms with E-state index in [1.54, 1.807) is 19.1 Å². The molecule has 2 aromatic rings. The van der Waals surface area contributed by atoms with Gasteiger partial charge in [0.2, 0.25) is 17.6 Å². The summed E-state index contributed by atoms with van der Waals surface area (Å²) in [6.07, 6.45) is -1.41. The van der Waals surface area contributed by atoms with Gasteiger partial charge in [0.1, 0.15) is 17.3 Å². The van der Waals surface area contributed by atoms with Crippen LogP contribution in [-0.4, -0.2) is 70.5 Å². The quantitative estimate of drug-likeness (QED) is 0.497. The summed E-state index contributed by atoms with van der Waals surface area (Å²) in [5.74, 6) is -1.01. The minimum atomic E-state index is -4.61. The van der Waals surface area contributed by atoms with Crippen molar-refractivity contribution in [3.63, 3.8) is 0 Å². The van der Waals surface area contributed by atoms with E-state index in [2.05, 4.69) is 15.4 Å². The highest BCUT2D eigenvalue weighted by molar-refractivity contribution is 7.92. The van der Waals surface area contributed by atoms with Crippen LogP contribution < -0.4 is 5.32 Å². The number of halogens is 4. The van der Waals surface area contributed by atoms with Gasteiger partial charge in [0.25, 0.3) is 0 Å². The molecule has 5 rings (SSSR count). The minimum Gasteiger partial charge on any atom is -0.341 e. The Labute approximate surface area is 235 Å². The summed E-state index contributed by atoms with van der Waals surface area (Å²) in [6.45, 7) is 5.38. The van der Waals surface area contributed by atoms with Gasteiger partial charge in [-0.15, -0.1) is 5.10 Å². The third-order valence-electron chi connectivity index (χ3n) is 7.07. The standard InChI is InChI=1S/C18H18ClF3N4O3S.C5H6N2O.C2H6/c1-11-8-12(26-10-23-16(19)24-26)2-3-14(11)30(28,29)13-4-7-25(9-13)15(27)17(5-6-17)18(20,21)22;6-3-5(1-2-5)7-4-8;1-2/h2-3,8,10,13H,4-7,9H2,1H3;4H,1-2H2,(H,7,8);1-2H3. The van der Waals surface area contributed by atoms with E-state index in [-0.39, 0.29) is 42.5 Å². The summed E-state index contributed by atoms with van der Waals surface area (Å²) < 4.78 is 67.4. The molecule has 1 unspecified atom stereocenters. The van der Waals surface area contributed by atoms with Crippen molar-refractivity contribution >= 4 is 33.8 Å². The van der Waals surface area contributed by atoms with Crippen LogP contribution in [0.2, 0.25) is 5.28 Å². The Morgan fingerprint density at radius 2 is 1.90 bits per heavy atom. The van der Waals surface area contributed by atoms with Crippen LogP contribution in [0.25, 0.3) is 5.69 Å². The van der Waals surface area contributed by atoms with E-state index in [1.165, 1.54) is 17.1 Å². The smallest absolute Gasteiger partial charge is 0.341 e. The number of amides is 2. The first-order valence-electron chi connectivity index (χ1n) is 12.7. The average molecular weight is 603 g/mol. The minimum absolute atomic E-state index is 0.00481. The van der Waals surface area contributed by atoms with Crippen LogP contribution in [0.3, 0.4) is 0 Å². The van der Waals surface area contributed by atoms with E-state index in [4.69, 9.17) is 16.9 Å². The van der Waals surface area contributed by atoms with Crippen molar-refractivity contribution in [3.05, 3.63) is 35.4 Å². The second kappa shape index (κ2) is 11.7. The van der Waals surface area contributed by atoms with Gasteiger partial charge in [0, 0.05) is 13.1 Å². The van der Waals surface area contributed by atoms with Gasteiger partial charge >= 0.3 is 6.18 Å². The number of aromatic nitrogens is 3. The van der Waals surface area contributed by atoms with Crippen LogP contribution in [0.15, 0.2) is 29.4 Å². The van der Waals surface area contributed by atoms with Crippen molar-refractivity contribution in [2.24, 2.45) is 5.41 Å². The maximum Gasteiger partial charge on any atom is 0.403 e. The molecule has 3 aliphatic rings. The number of alkyl halides is 3. The monoisotopic (exact) mass is 602 g/mol. The predicted octanol–water partition coefficient (Wildman–Crippen LogP) is 3.76. The Bertz CT molecular complexity index is 1400. The lowest BCUT2D eigenvalue weighted by Crippen LogP contribution is -2.43. The highest BCUT2D eigenvalue weighted by Gasteiger charge is 2.69. The van der Waals surface area contributed by atoms with Crippen LogP contribution >= 0.6 is 11.6 Å². The second-order valence-electron chi connectivity index (χ2n) is 9.65. The molecule has 0 spiro atoms. The van der Waals surface area contributed by atoms with E-state index in [0.717, 1.165) is 17.7 Å². The van der Waals surface area contributed by atoms with Gasteiger partial charge in [-0.3, -0.25) is 9.59 Å². The second-order valence-corrected chi connectivity index (χ2v) is 12.2. The number of nitrogens with zero attached hydrogens (tertiary/aromatic N) is 5. The Balaban J connectivity index is 0.000000376. The summed E-state index contributed by atoms with van der Waals surface area (Å²) in [7, 11) is -3.84. The van der Waals surface area contributed by atoms with Crippen LogP contribution in [-0.2, 0) is 19.4 Å². The Hall–Kier alpha value is -3.18. The molecule has 0 bridgehead atoms. The fourth-order valence-corrected chi connectivity index (χ4v) is 6.42. The fourth-order valence-electron chi connectivity index (χ4n) is 4.38. The van der Waals surface area contributed by atoms with Gasteiger partial charge in [-0.2, -0.15) is 18.4 Å². The maximum absolute atomic E-state index is 13.2. The molecule has 1 aliphatic heterocycles. The molecule has 1 atom stereocenters. The first kappa shape index (κ1) is 31.3. The number of carbonyl (C=O) groups excluding carboxylic acids is 2. The van der Waals surface area contributed by atoms with Crippen molar-refractivity contribution in [2.75, 3.05) is 13.1 Å². The highest BCUT2D eigenvalue weighted by atomic mass is 35.5. The largest absolute Gasteiger partial charge is 0.403 e. The number of aryl methyl sites for hydroxylation is 1. The normalized spacial score (nSPS) is 20.1. The van der Waals surface area contributed by atoms with Gasteiger partial charge in [-0.1, -0.05) is 13.8 Å². The molecule has 15 heteroatoms. The molecule has 2 heterocycles. The SMILES string of the molecule is CC.Cc1cc(-n2cnc(Cl)n2)ccc1S(=O)(=O)C1CCN(C(=O)C2(C(F)(F)F)CC2)C1.N#CC1(NC=O)CC1. The van der Waals surface area contributed by atoms with E-state index in [1.807, 2.05) is 19.9 Å². The van der Waals surface area contributed by atoms with Crippen molar-refractivity contribution in [1.29, 1.82) is 5.26 Å². The first-order valence-corrected chi connectivity index (χ1v) is 14.6. The molecule has 1 aromatic heterocycles. The molecular weight excluding hydrogens is 573 g/mol. The molecule has 3 fully saturated rings. The molecule has 2 saturated carbocycles. The third-order valence-corrected chi connectivity index (χ3v) is 9.57. The van der Waals surface area contributed by atoms with Crippen LogP contribution in [0.1, 0.15) is 51.5 Å². The highest BCUT2D eigenvalue weighted by Crippen LogP contribution is 2.59. The summed E-state index contributed by atoms with van der Waals surface area (Å²) in [5.41, 5.74) is -1.78. The number of benzene rings is 1. The average Bonchev–Trinajstić information content (AvgIpc) is 3.79. The molecule has 2 aliphatic carbocycles. The van der Waals surface area contributed by atoms with Crippen molar-refractivity contribution < 1.29 is 31.2 Å². The molecule has 1 aromatic carbocycles. The topological polar surface area (TPSA) is 138 Å². The number of hydrogen-bond acceptors (Lipinski definition) is 7. The zero-order valence-corrected chi connectivity index (χ0v) is 23.8. The van der Waals surface area contributed by atoms with Crippen LogP contribution in [0, 0.1) is 23.7 Å². The van der Waals surface area contributed by atoms with E-state index < -0.39 is 38.1 Å². The van der Waals surface area contributed by atoms with E-state index in [9.17, 15) is 31.2 Å². The third kappa shape index (κ3) is 6.25. The lowest BCUT2D eigenvalue weighted by atomic mass is 10.1. The van der Waals surface area contributed by atoms with Gasteiger partial charge in [-0.25, -0.2) is 18.1 Å². The molecule has 10 nitrogen and oxygen atoms in total. The molecule has 0 radical (unpaired) electrons. The molecule has 1 saturated heterocycles. The van der Waals surface area contributed by atoms with Gasteiger partial charge in [-0.05, 0) is 74.4 Å². The summed E-state index contributed by atoms with van der Waals surface area (Å²) in [6, 6.07) is 6.60. The predicted molar refractivity (Wildman–Crippen MR) is 139 cm³/mol.